The normalized spacial score (nSPS) is 10.6. The summed E-state index contributed by atoms with van der Waals surface area (Å²) in [4.78, 5) is 15.9. The zero-order valence-corrected chi connectivity index (χ0v) is 12.8. The van der Waals surface area contributed by atoms with Crippen LogP contribution < -0.4 is 11.1 Å². The van der Waals surface area contributed by atoms with Crippen LogP contribution in [0.3, 0.4) is 0 Å². The standard InChI is InChI=1S/C17H23N3O2/c18-11-4-5-12-19-16(21)9-6-10-17-20-13-15(22-17)14-7-2-1-3-8-14/h1-3,7-8,13H,4-6,9-12,18H2,(H,19,21). The molecule has 0 saturated carbocycles. The lowest BCUT2D eigenvalue weighted by atomic mass is 10.2. The first-order valence-electron chi connectivity index (χ1n) is 7.76. The quantitative estimate of drug-likeness (QED) is 0.697. The summed E-state index contributed by atoms with van der Waals surface area (Å²) in [5, 5.41) is 2.89. The van der Waals surface area contributed by atoms with E-state index in [1.54, 1.807) is 6.20 Å². The van der Waals surface area contributed by atoms with Crippen LogP contribution in [0.5, 0.6) is 0 Å². The first-order valence-corrected chi connectivity index (χ1v) is 7.76. The Morgan fingerprint density at radius 2 is 2.00 bits per heavy atom. The zero-order valence-electron chi connectivity index (χ0n) is 12.8. The van der Waals surface area contributed by atoms with Gasteiger partial charge in [0.2, 0.25) is 5.91 Å². The predicted molar refractivity (Wildman–Crippen MR) is 86.2 cm³/mol. The van der Waals surface area contributed by atoms with Gasteiger partial charge in [0, 0.05) is 24.9 Å². The number of nitrogens with two attached hydrogens (primary N) is 1. The van der Waals surface area contributed by atoms with Crippen LogP contribution in [0, 0.1) is 0 Å². The lowest BCUT2D eigenvalue weighted by Crippen LogP contribution is -2.24. The Morgan fingerprint density at radius 3 is 2.77 bits per heavy atom. The minimum atomic E-state index is 0.0758. The highest BCUT2D eigenvalue weighted by molar-refractivity contribution is 5.75. The molecule has 3 N–H and O–H groups in total. The van der Waals surface area contributed by atoms with Gasteiger partial charge in [0.05, 0.1) is 6.20 Å². The maximum absolute atomic E-state index is 11.6. The molecule has 5 nitrogen and oxygen atoms in total. The van der Waals surface area contributed by atoms with Crippen LogP contribution in [0.25, 0.3) is 11.3 Å². The molecule has 0 aliphatic carbocycles. The van der Waals surface area contributed by atoms with Gasteiger partial charge in [-0.2, -0.15) is 0 Å². The smallest absolute Gasteiger partial charge is 0.220 e. The Morgan fingerprint density at radius 1 is 1.18 bits per heavy atom. The van der Waals surface area contributed by atoms with Crippen molar-refractivity contribution in [1.29, 1.82) is 0 Å². The minimum absolute atomic E-state index is 0.0758. The number of hydrogen-bond acceptors (Lipinski definition) is 4. The summed E-state index contributed by atoms with van der Waals surface area (Å²) in [5.41, 5.74) is 6.42. The Hall–Kier alpha value is -2.14. The lowest BCUT2D eigenvalue weighted by Gasteiger charge is -2.03. The Kier molecular flexibility index (Phi) is 6.64. The minimum Gasteiger partial charge on any atom is -0.441 e. The van der Waals surface area contributed by atoms with Gasteiger partial charge in [-0.1, -0.05) is 30.3 Å². The number of nitrogens with zero attached hydrogens (tertiary/aromatic N) is 1. The lowest BCUT2D eigenvalue weighted by molar-refractivity contribution is -0.121. The van der Waals surface area contributed by atoms with Gasteiger partial charge in [-0.05, 0) is 25.8 Å². The molecule has 1 heterocycles. The monoisotopic (exact) mass is 301 g/mol. The number of carbonyl (C=O) groups is 1. The van der Waals surface area contributed by atoms with Gasteiger partial charge >= 0.3 is 0 Å². The first kappa shape index (κ1) is 16.2. The summed E-state index contributed by atoms with van der Waals surface area (Å²) in [5.74, 6) is 1.52. The van der Waals surface area contributed by atoms with Gasteiger partial charge in [0.25, 0.3) is 0 Å². The molecule has 2 aromatic rings. The fourth-order valence-electron chi connectivity index (χ4n) is 2.15. The molecule has 0 unspecified atom stereocenters. The second-order valence-corrected chi connectivity index (χ2v) is 5.18. The van der Waals surface area contributed by atoms with Crippen molar-refractivity contribution >= 4 is 5.91 Å². The number of oxazole rings is 1. The number of aromatic nitrogens is 1. The third kappa shape index (κ3) is 5.33. The molecule has 5 heteroatoms. The van der Waals surface area contributed by atoms with Crippen LogP contribution in [0.2, 0.25) is 0 Å². The van der Waals surface area contributed by atoms with Gasteiger partial charge in [0.15, 0.2) is 11.7 Å². The number of rotatable bonds is 9. The first-order chi connectivity index (χ1) is 10.8. The maximum Gasteiger partial charge on any atom is 0.220 e. The zero-order chi connectivity index (χ0) is 15.6. The molecule has 0 aliphatic heterocycles. The molecule has 2 rings (SSSR count). The number of benzene rings is 1. The topological polar surface area (TPSA) is 81.1 Å². The summed E-state index contributed by atoms with van der Waals surface area (Å²) < 4.78 is 5.71. The third-order valence-electron chi connectivity index (χ3n) is 3.36. The molecule has 1 aromatic carbocycles. The molecule has 0 aliphatic rings. The fraction of sp³-hybridized carbons (Fsp3) is 0.412. The van der Waals surface area contributed by atoms with Crippen molar-refractivity contribution < 1.29 is 9.21 Å². The maximum atomic E-state index is 11.6. The van der Waals surface area contributed by atoms with Gasteiger partial charge in [-0.15, -0.1) is 0 Å². The van der Waals surface area contributed by atoms with Crippen molar-refractivity contribution in [2.45, 2.75) is 32.1 Å². The van der Waals surface area contributed by atoms with E-state index in [1.165, 1.54) is 0 Å². The van der Waals surface area contributed by atoms with Crippen LogP contribution in [-0.2, 0) is 11.2 Å². The Labute approximate surface area is 130 Å². The third-order valence-corrected chi connectivity index (χ3v) is 3.36. The molecule has 22 heavy (non-hydrogen) atoms. The molecule has 1 amide bonds. The molecule has 0 radical (unpaired) electrons. The van der Waals surface area contributed by atoms with Crippen LogP contribution in [-0.4, -0.2) is 24.0 Å². The van der Waals surface area contributed by atoms with E-state index in [-0.39, 0.29) is 5.91 Å². The van der Waals surface area contributed by atoms with E-state index >= 15 is 0 Å². The second-order valence-electron chi connectivity index (χ2n) is 5.18. The number of unbranched alkanes of at least 4 members (excludes halogenated alkanes) is 1. The molecule has 0 spiro atoms. The predicted octanol–water partition coefficient (Wildman–Crippen LogP) is 2.52. The highest BCUT2D eigenvalue weighted by atomic mass is 16.4. The van der Waals surface area contributed by atoms with Gasteiger partial charge < -0.3 is 15.5 Å². The van der Waals surface area contributed by atoms with Crippen molar-refractivity contribution in [3.63, 3.8) is 0 Å². The largest absolute Gasteiger partial charge is 0.441 e. The van der Waals surface area contributed by atoms with Crippen molar-refractivity contribution in [2.75, 3.05) is 13.1 Å². The molecule has 0 saturated heterocycles. The number of amides is 1. The Balaban J connectivity index is 1.69. The molecule has 1 aromatic heterocycles. The molecular formula is C17H23N3O2. The van der Waals surface area contributed by atoms with Crippen molar-refractivity contribution in [1.82, 2.24) is 10.3 Å². The SMILES string of the molecule is NCCCCNC(=O)CCCc1ncc(-c2ccccc2)o1. The van der Waals surface area contributed by atoms with Gasteiger partial charge in [-0.25, -0.2) is 4.98 Å². The van der Waals surface area contributed by atoms with Gasteiger partial charge in [-0.3, -0.25) is 4.79 Å². The average molecular weight is 301 g/mol. The molecule has 0 fully saturated rings. The highest BCUT2D eigenvalue weighted by Crippen LogP contribution is 2.20. The van der Waals surface area contributed by atoms with E-state index in [1.807, 2.05) is 30.3 Å². The van der Waals surface area contributed by atoms with Crippen molar-refractivity contribution in [3.05, 3.63) is 42.4 Å². The van der Waals surface area contributed by atoms with Crippen LogP contribution in [0.15, 0.2) is 40.9 Å². The second kappa shape index (κ2) is 9.00. The van der Waals surface area contributed by atoms with E-state index in [9.17, 15) is 4.79 Å². The molecule has 118 valence electrons. The average Bonchev–Trinajstić information content (AvgIpc) is 3.01. The summed E-state index contributed by atoms with van der Waals surface area (Å²) in [7, 11) is 0. The molecule has 0 bridgehead atoms. The van der Waals surface area contributed by atoms with E-state index in [0.29, 0.717) is 31.8 Å². The number of nitrogens with one attached hydrogen (secondary N) is 1. The summed E-state index contributed by atoms with van der Waals surface area (Å²) in [6.45, 7) is 1.37. The van der Waals surface area contributed by atoms with E-state index < -0.39 is 0 Å². The number of aryl methyl sites for hydroxylation is 1. The van der Waals surface area contributed by atoms with Crippen LogP contribution >= 0.6 is 0 Å². The molecule has 0 atom stereocenters. The van der Waals surface area contributed by atoms with Crippen LogP contribution in [0.4, 0.5) is 0 Å². The summed E-state index contributed by atoms with van der Waals surface area (Å²) in [6, 6.07) is 9.87. The van der Waals surface area contributed by atoms with Gasteiger partial charge in [0.1, 0.15) is 0 Å². The van der Waals surface area contributed by atoms with E-state index in [4.69, 9.17) is 10.2 Å². The fourth-order valence-corrected chi connectivity index (χ4v) is 2.15. The highest BCUT2D eigenvalue weighted by Gasteiger charge is 2.07. The summed E-state index contributed by atoms with van der Waals surface area (Å²) >= 11 is 0. The van der Waals surface area contributed by atoms with E-state index in [2.05, 4.69) is 10.3 Å². The number of hydrogen-bond donors (Lipinski definition) is 2. The van der Waals surface area contributed by atoms with Crippen molar-refractivity contribution in [2.24, 2.45) is 5.73 Å². The van der Waals surface area contributed by atoms with Crippen LogP contribution in [0.1, 0.15) is 31.6 Å². The number of carbonyl (C=O) groups excluding carboxylic acids is 1. The van der Waals surface area contributed by atoms with Crippen molar-refractivity contribution in [3.8, 4) is 11.3 Å². The summed E-state index contributed by atoms with van der Waals surface area (Å²) in [6.07, 6.45) is 5.50. The van der Waals surface area contributed by atoms with E-state index in [0.717, 1.165) is 30.6 Å². The Bertz CT molecular complexity index is 566. The molecular weight excluding hydrogens is 278 g/mol.